The number of halogens is 2. The van der Waals surface area contributed by atoms with Gasteiger partial charge in [0.15, 0.2) is 0 Å². The second-order valence-corrected chi connectivity index (χ2v) is 6.17. The van der Waals surface area contributed by atoms with Crippen LogP contribution < -0.4 is 10.6 Å². The topological polar surface area (TPSA) is 41.1 Å². The molecule has 1 unspecified atom stereocenters. The van der Waals surface area contributed by atoms with Crippen molar-refractivity contribution in [1.29, 1.82) is 0 Å². The van der Waals surface area contributed by atoms with Gasteiger partial charge in [-0.1, -0.05) is 26.0 Å². The lowest BCUT2D eigenvalue weighted by molar-refractivity contribution is -0.121. The Morgan fingerprint density at radius 3 is 2.86 bits per heavy atom. The largest absolute Gasteiger partial charge is 0.355 e. The van der Waals surface area contributed by atoms with Crippen LogP contribution in [-0.4, -0.2) is 25.0 Å². The van der Waals surface area contributed by atoms with E-state index in [1.54, 1.807) is 6.07 Å². The summed E-state index contributed by atoms with van der Waals surface area (Å²) >= 11 is 0. The Labute approximate surface area is 132 Å². The molecule has 1 aliphatic rings. The third-order valence-corrected chi connectivity index (χ3v) is 3.93. The van der Waals surface area contributed by atoms with E-state index in [2.05, 4.69) is 10.6 Å². The number of carbonyl (C=O) groups is 1. The summed E-state index contributed by atoms with van der Waals surface area (Å²) in [6, 6.07) is 6.88. The highest BCUT2D eigenvalue weighted by atomic mass is 35.5. The minimum absolute atomic E-state index is 0. The molecule has 2 rings (SSSR count). The lowest BCUT2D eigenvalue weighted by Gasteiger charge is -2.26. The van der Waals surface area contributed by atoms with Crippen LogP contribution in [0.3, 0.4) is 0 Å². The molecule has 5 heteroatoms. The first-order valence-corrected chi connectivity index (χ1v) is 7.23. The van der Waals surface area contributed by atoms with Crippen molar-refractivity contribution in [2.45, 2.75) is 44.6 Å². The molecule has 0 aromatic heterocycles. The number of carbonyl (C=O) groups excluding carboxylic acids is 1. The van der Waals surface area contributed by atoms with Crippen LogP contribution in [0.4, 0.5) is 4.39 Å². The van der Waals surface area contributed by atoms with E-state index in [-0.39, 0.29) is 29.5 Å². The second-order valence-electron chi connectivity index (χ2n) is 6.17. The Morgan fingerprint density at radius 2 is 2.24 bits per heavy atom. The maximum Gasteiger partial charge on any atom is 0.221 e. The first kappa shape index (κ1) is 17.9. The van der Waals surface area contributed by atoms with E-state index in [9.17, 15) is 9.18 Å². The van der Waals surface area contributed by atoms with Gasteiger partial charge in [-0.2, -0.15) is 0 Å². The average Bonchev–Trinajstić information content (AvgIpc) is 2.89. The summed E-state index contributed by atoms with van der Waals surface area (Å²) in [7, 11) is 0. The van der Waals surface area contributed by atoms with Crippen molar-refractivity contribution in [2.24, 2.45) is 0 Å². The Balaban J connectivity index is 0.00000220. The molecule has 1 amide bonds. The van der Waals surface area contributed by atoms with Gasteiger partial charge in [-0.3, -0.25) is 4.79 Å². The molecule has 3 nitrogen and oxygen atoms in total. The van der Waals surface area contributed by atoms with Gasteiger partial charge in [0, 0.05) is 24.4 Å². The summed E-state index contributed by atoms with van der Waals surface area (Å²) in [5, 5.41) is 6.28. The minimum atomic E-state index is -0.277. The number of hydrogen-bond donors (Lipinski definition) is 2. The van der Waals surface area contributed by atoms with Crippen LogP contribution in [0, 0.1) is 5.82 Å². The van der Waals surface area contributed by atoms with Crippen LogP contribution in [-0.2, 0) is 10.2 Å². The highest BCUT2D eigenvalue weighted by molar-refractivity contribution is 5.85. The molecule has 0 saturated carbocycles. The molecule has 0 aliphatic carbocycles. The van der Waals surface area contributed by atoms with Gasteiger partial charge in [0.25, 0.3) is 0 Å². The standard InChI is InChI=1S/C16H23FN2O.ClH/c1-16(2,12-5-3-6-13(17)9-12)11-19-15(20)10-14-7-4-8-18-14;/h3,5-6,9,14,18H,4,7-8,10-11H2,1-2H3,(H,19,20);1H. The molecule has 0 spiro atoms. The number of nitrogens with one attached hydrogen (secondary N) is 2. The molecule has 1 atom stereocenters. The van der Waals surface area contributed by atoms with Gasteiger partial charge in [0.2, 0.25) is 5.91 Å². The zero-order valence-electron chi connectivity index (χ0n) is 12.6. The molecular weight excluding hydrogens is 291 g/mol. The van der Waals surface area contributed by atoms with Crippen molar-refractivity contribution in [3.8, 4) is 0 Å². The number of benzene rings is 1. The molecule has 21 heavy (non-hydrogen) atoms. The molecule has 0 bridgehead atoms. The van der Waals surface area contributed by atoms with Crippen LogP contribution in [0.25, 0.3) is 0 Å². The molecular formula is C16H24ClFN2O. The van der Waals surface area contributed by atoms with Gasteiger partial charge in [-0.25, -0.2) is 4.39 Å². The van der Waals surface area contributed by atoms with E-state index < -0.39 is 0 Å². The van der Waals surface area contributed by atoms with Crippen molar-refractivity contribution in [2.75, 3.05) is 13.1 Å². The lowest BCUT2D eigenvalue weighted by atomic mass is 9.84. The van der Waals surface area contributed by atoms with Crippen LogP contribution in [0.5, 0.6) is 0 Å². The SMILES string of the molecule is CC(C)(CNC(=O)CC1CCCN1)c1cccc(F)c1.Cl. The zero-order valence-corrected chi connectivity index (χ0v) is 13.4. The summed E-state index contributed by atoms with van der Waals surface area (Å²) in [6.07, 6.45) is 2.74. The third kappa shape index (κ3) is 5.29. The molecule has 0 radical (unpaired) electrons. The quantitative estimate of drug-likeness (QED) is 0.877. The highest BCUT2D eigenvalue weighted by Gasteiger charge is 2.23. The van der Waals surface area contributed by atoms with Crippen LogP contribution in [0.15, 0.2) is 24.3 Å². The molecule has 1 fully saturated rings. The van der Waals surface area contributed by atoms with Gasteiger partial charge in [0.1, 0.15) is 5.82 Å². The normalized spacial score (nSPS) is 18.1. The van der Waals surface area contributed by atoms with E-state index in [0.717, 1.165) is 24.9 Å². The van der Waals surface area contributed by atoms with E-state index in [4.69, 9.17) is 0 Å². The van der Waals surface area contributed by atoms with Gasteiger partial charge in [-0.15, -0.1) is 12.4 Å². The first-order chi connectivity index (χ1) is 9.47. The molecule has 1 aromatic carbocycles. The van der Waals surface area contributed by atoms with Crippen molar-refractivity contribution >= 4 is 18.3 Å². The van der Waals surface area contributed by atoms with E-state index in [0.29, 0.717) is 19.0 Å². The van der Waals surface area contributed by atoms with Gasteiger partial charge >= 0.3 is 0 Å². The number of amides is 1. The fourth-order valence-electron chi connectivity index (χ4n) is 2.56. The Morgan fingerprint density at radius 1 is 1.48 bits per heavy atom. The van der Waals surface area contributed by atoms with Crippen molar-refractivity contribution in [3.63, 3.8) is 0 Å². The summed E-state index contributed by atoms with van der Waals surface area (Å²) in [6.45, 7) is 5.54. The maximum absolute atomic E-state index is 13.3. The number of rotatable bonds is 5. The van der Waals surface area contributed by atoms with Gasteiger partial charge in [0.05, 0.1) is 0 Å². The molecule has 1 heterocycles. The maximum atomic E-state index is 13.3. The second kappa shape index (κ2) is 7.76. The molecule has 118 valence electrons. The molecule has 1 aliphatic heterocycles. The Hall–Kier alpha value is -1.13. The summed E-state index contributed by atoms with van der Waals surface area (Å²) in [4.78, 5) is 11.9. The van der Waals surface area contributed by atoms with E-state index in [1.807, 2.05) is 19.9 Å². The summed E-state index contributed by atoms with van der Waals surface area (Å²) < 4.78 is 13.3. The molecule has 1 saturated heterocycles. The molecule has 2 N–H and O–H groups in total. The molecule has 1 aromatic rings. The van der Waals surface area contributed by atoms with Crippen molar-refractivity contribution in [1.82, 2.24) is 10.6 Å². The van der Waals surface area contributed by atoms with Crippen LogP contribution in [0.2, 0.25) is 0 Å². The van der Waals surface area contributed by atoms with E-state index >= 15 is 0 Å². The predicted molar refractivity (Wildman–Crippen MR) is 85.3 cm³/mol. The zero-order chi connectivity index (χ0) is 14.6. The van der Waals surface area contributed by atoms with Crippen LogP contribution >= 0.6 is 12.4 Å². The Kier molecular flexibility index (Phi) is 6.62. The monoisotopic (exact) mass is 314 g/mol. The highest BCUT2D eigenvalue weighted by Crippen LogP contribution is 2.23. The van der Waals surface area contributed by atoms with Gasteiger partial charge in [-0.05, 0) is 37.1 Å². The smallest absolute Gasteiger partial charge is 0.221 e. The minimum Gasteiger partial charge on any atom is -0.355 e. The predicted octanol–water partition coefficient (Wildman–Crippen LogP) is 2.78. The van der Waals surface area contributed by atoms with Gasteiger partial charge < -0.3 is 10.6 Å². The Bertz CT molecular complexity index is 473. The van der Waals surface area contributed by atoms with Crippen LogP contribution in [0.1, 0.15) is 38.7 Å². The fourth-order valence-corrected chi connectivity index (χ4v) is 2.56. The van der Waals surface area contributed by atoms with Crippen molar-refractivity contribution < 1.29 is 9.18 Å². The lowest BCUT2D eigenvalue weighted by Crippen LogP contribution is -2.39. The number of hydrogen-bond acceptors (Lipinski definition) is 2. The first-order valence-electron chi connectivity index (χ1n) is 7.23. The summed E-state index contributed by atoms with van der Waals surface area (Å²) in [5.41, 5.74) is 0.623. The summed E-state index contributed by atoms with van der Waals surface area (Å²) in [5.74, 6) is -0.175. The third-order valence-electron chi connectivity index (χ3n) is 3.93. The van der Waals surface area contributed by atoms with Crippen molar-refractivity contribution in [3.05, 3.63) is 35.6 Å². The fraction of sp³-hybridized carbons (Fsp3) is 0.562. The average molecular weight is 315 g/mol. The van der Waals surface area contributed by atoms with E-state index in [1.165, 1.54) is 12.1 Å².